The quantitative estimate of drug-likeness (QED) is 0.388. The summed E-state index contributed by atoms with van der Waals surface area (Å²) in [6.45, 7) is 1.96. The molecule has 2 aliphatic rings. The summed E-state index contributed by atoms with van der Waals surface area (Å²) < 4.78 is 85.7. The highest BCUT2D eigenvalue weighted by molar-refractivity contribution is 8.45. The molecular formula is C22H23F6N5O3S. The van der Waals surface area contributed by atoms with Gasteiger partial charge in [-0.15, -0.1) is 0 Å². The van der Waals surface area contributed by atoms with Crippen LogP contribution in [-0.4, -0.2) is 63.7 Å². The Hall–Kier alpha value is -3.04. The molecule has 4 heterocycles. The minimum Gasteiger partial charge on any atom is -0.507 e. The second kappa shape index (κ2) is 8.23. The van der Waals surface area contributed by atoms with E-state index in [1.54, 1.807) is 0 Å². The fourth-order valence-electron chi connectivity index (χ4n) is 4.74. The highest BCUT2D eigenvalue weighted by Gasteiger charge is 2.65. The predicted molar refractivity (Wildman–Crippen MR) is 123 cm³/mol. The number of rotatable bonds is 4. The molecule has 202 valence electrons. The van der Waals surface area contributed by atoms with Crippen LogP contribution in [0.3, 0.4) is 0 Å². The molecule has 2 saturated heterocycles. The van der Waals surface area contributed by atoms with E-state index in [0.29, 0.717) is 61.2 Å². The van der Waals surface area contributed by atoms with Gasteiger partial charge in [-0.05, 0) is 30.9 Å². The van der Waals surface area contributed by atoms with E-state index >= 15 is 0 Å². The molecule has 1 atom stereocenters. The molecule has 0 aliphatic carbocycles. The Morgan fingerprint density at radius 3 is 2.51 bits per heavy atom. The molecule has 37 heavy (non-hydrogen) atoms. The van der Waals surface area contributed by atoms with Crippen LogP contribution in [0, 0.1) is 5.82 Å². The minimum absolute atomic E-state index is 0.0890. The lowest BCUT2D eigenvalue weighted by Crippen LogP contribution is -2.38. The van der Waals surface area contributed by atoms with Crippen LogP contribution in [0.1, 0.15) is 46.6 Å². The number of hydrogen-bond acceptors (Lipinski definition) is 6. The van der Waals surface area contributed by atoms with E-state index in [9.17, 15) is 33.7 Å². The number of nitrogens with zero attached hydrogens (tertiary/aromatic N) is 3. The normalized spacial score (nSPS) is 21.6. The van der Waals surface area contributed by atoms with Crippen LogP contribution < -0.4 is 5.32 Å². The number of pyridine rings is 1. The summed E-state index contributed by atoms with van der Waals surface area (Å²) in [5.74, 6) is -2.35. The Kier molecular flexibility index (Phi) is 5.69. The van der Waals surface area contributed by atoms with Gasteiger partial charge in [0.15, 0.2) is 5.65 Å². The number of benzene rings is 1. The smallest absolute Gasteiger partial charge is 0.310 e. The van der Waals surface area contributed by atoms with Crippen molar-refractivity contribution in [2.45, 2.75) is 29.8 Å². The minimum atomic E-state index is -10.0. The van der Waals surface area contributed by atoms with E-state index in [1.807, 2.05) is 0 Å². The fraction of sp³-hybridized carbons (Fsp3) is 0.409. The number of morpholine rings is 1. The van der Waals surface area contributed by atoms with Crippen LogP contribution in [0.5, 0.6) is 5.75 Å². The SMILES string of the molecule is O=C(c1ccc(S(F)(F)(F)(F)F)cc1O)N1CCC(c2c(F)cnc3nc(C4CNCCO4)[nH]c23)CC1. The van der Waals surface area contributed by atoms with Crippen LogP contribution in [0.15, 0.2) is 29.3 Å². The van der Waals surface area contributed by atoms with Gasteiger partial charge in [-0.2, -0.15) is 0 Å². The first-order chi connectivity index (χ1) is 17.2. The summed E-state index contributed by atoms with van der Waals surface area (Å²) in [5.41, 5.74) is 0.592. The van der Waals surface area contributed by atoms with Gasteiger partial charge in [0.2, 0.25) is 0 Å². The summed E-state index contributed by atoms with van der Waals surface area (Å²) >= 11 is 0. The lowest BCUT2D eigenvalue weighted by Gasteiger charge is -2.40. The van der Waals surface area contributed by atoms with E-state index in [0.717, 1.165) is 6.20 Å². The number of halogens is 6. The fourth-order valence-corrected chi connectivity index (χ4v) is 5.40. The summed E-state index contributed by atoms with van der Waals surface area (Å²) in [5, 5.41) is 13.1. The second-order valence-corrected chi connectivity index (χ2v) is 11.5. The number of aromatic amines is 1. The van der Waals surface area contributed by atoms with Gasteiger partial charge in [0.05, 0.1) is 23.9 Å². The number of nitrogens with one attached hydrogen (secondary N) is 2. The number of fused-ring (bicyclic) bond motifs is 1. The van der Waals surface area contributed by atoms with Gasteiger partial charge in [-0.1, -0.05) is 19.4 Å². The number of aromatic nitrogens is 3. The van der Waals surface area contributed by atoms with E-state index in [-0.39, 0.29) is 37.2 Å². The average molecular weight is 552 g/mol. The Morgan fingerprint density at radius 2 is 1.89 bits per heavy atom. The summed E-state index contributed by atoms with van der Waals surface area (Å²) in [7, 11) is -10.0. The first-order valence-corrected chi connectivity index (χ1v) is 13.4. The lowest BCUT2D eigenvalue weighted by molar-refractivity contribution is 0.0228. The predicted octanol–water partition coefficient (Wildman–Crippen LogP) is 5.14. The number of piperidine rings is 1. The van der Waals surface area contributed by atoms with Crippen molar-refractivity contribution in [1.29, 1.82) is 0 Å². The van der Waals surface area contributed by atoms with Crippen molar-refractivity contribution in [2.24, 2.45) is 0 Å². The van der Waals surface area contributed by atoms with E-state index < -0.39 is 38.2 Å². The van der Waals surface area contributed by atoms with Crippen molar-refractivity contribution < 1.29 is 38.5 Å². The molecule has 0 spiro atoms. The van der Waals surface area contributed by atoms with Gasteiger partial charge < -0.3 is 25.0 Å². The van der Waals surface area contributed by atoms with Crippen molar-refractivity contribution in [3.8, 4) is 5.75 Å². The van der Waals surface area contributed by atoms with Gasteiger partial charge in [-0.3, -0.25) is 4.79 Å². The van der Waals surface area contributed by atoms with E-state index in [1.165, 1.54) is 4.90 Å². The van der Waals surface area contributed by atoms with Gasteiger partial charge >= 0.3 is 10.2 Å². The molecule has 2 aromatic heterocycles. The largest absolute Gasteiger partial charge is 0.507 e. The maximum absolute atomic E-state index is 14.9. The number of aromatic hydroxyl groups is 1. The Labute approximate surface area is 206 Å². The number of ether oxygens (including phenoxy) is 1. The maximum Gasteiger partial charge on any atom is 0.310 e. The number of carbonyl (C=O) groups excluding carboxylic acids is 1. The number of H-pyrrole nitrogens is 1. The number of likely N-dealkylation sites (tertiary alicyclic amines) is 1. The van der Waals surface area contributed by atoms with Gasteiger partial charge in [-0.25, -0.2) is 14.4 Å². The van der Waals surface area contributed by atoms with Crippen LogP contribution in [0.25, 0.3) is 11.2 Å². The van der Waals surface area contributed by atoms with E-state index in [4.69, 9.17) is 4.74 Å². The molecule has 15 heteroatoms. The third-order valence-electron chi connectivity index (χ3n) is 6.60. The zero-order chi connectivity index (χ0) is 26.7. The van der Waals surface area contributed by atoms with Crippen LogP contribution in [-0.2, 0) is 4.74 Å². The third kappa shape index (κ3) is 5.07. The Bertz CT molecular complexity index is 1370. The van der Waals surface area contributed by atoms with Crippen LogP contribution in [0.2, 0.25) is 0 Å². The van der Waals surface area contributed by atoms with E-state index in [2.05, 4.69) is 20.3 Å². The standard InChI is InChI=1S/C22H23F6N5O3S/c23-15-10-30-21-19(31-20(32-21)17-11-29-5-8-36-17)18(15)12-3-6-33(7-4-12)22(35)14-2-1-13(9-16(14)34)37(24,25,26,27)28/h1-2,9-10,12,17,29,34H,3-8,11H2,(H,30,31,32). The monoisotopic (exact) mass is 551 g/mol. The average Bonchev–Trinajstić information content (AvgIpc) is 3.27. The maximum atomic E-state index is 14.9. The van der Waals surface area contributed by atoms with Crippen LogP contribution >= 0.6 is 10.2 Å². The molecule has 1 aromatic carbocycles. The number of phenolic OH excluding ortho intramolecular Hbond substituents is 1. The van der Waals surface area contributed by atoms with Crippen molar-refractivity contribution in [3.63, 3.8) is 0 Å². The van der Waals surface area contributed by atoms with Gasteiger partial charge in [0, 0.05) is 37.8 Å². The third-order valence-corrected chi connectivity index (χ3v) is 7.74. The van der Waals surface area contributed by atoms with Crippen molar-refractivity contribution in [1.82, 2.24) is 25.2 Å². The molecule has 2 aliphatic heterocycles. The van der Waals surface area contributed by atoms with Crippen molar-refractivity contribution in [2.75, 3.05) is 32.8 Å². The molecule has 3 N–H and O–H groups in total. The number of phenols is 1. The molecule has 2 fully saturated rings. The van der Waals surface area contributed by atoms with Gasteiger partial charge in [0.1, 0.15) is 28.4 Å². The lowest BCUT2D eigenvalue weighted by atomic mass is 9.88. The zero-order valence-corrected chi connectivity index (χ0v) is 20.0. The van der Waals surface area contributed by atoms with Crippen LogP contribution in [0.4, 0.5) is 23.8 Å². The topological polar surface area (TPSA) is 103 Å². The molecule has 3 aromatic rings. The molecular weight excluding hydrogens is 528 g/mol. The molecule has 0 saturated carbocycles. The molecule has 5 rings (SSSR count). The first-order valence-electron chi connectivity index (χ1n) is 11.4. The molecule has 1 amide bonds. The molecule has 0 bridgehead atoms. The summed E-state index contributed by atoms with van der Waals surface area (Å²) in [6, 6.07) is 0.495. The van der Waals surface area contributed by atoms with Crippen molar-refractivity contribution in [3.05, 3.63) is 47.2 Å². The summed E-state index contributed by atoms with van der Waals surface area (Å²) in [4.78, 5) is 23.4. The second-order valence-electron chi connectivity index (χ2n) is 9.12. The van der Waals surface area contributed by atoms with Gasteiger partial charge in [0.25, 0.3) is 5.91 Å². The Morgan fingerprint density at radius 1 is 1.16 bits per heavy atom. The summed E-state index contributed by atoms with van der Waals surface area (Å²) in [6.07, 6.45) is 1.36. The Balaban J connectivity index is 1.33. The number of amides is 1. The highest BCUT2D eigenvalue weighted by Crippen LogP contribution is 3.02. The highest BCUT2D eigenvalue weighted by atomic mass is 32.5. The zero-order valence-electron chi connectivity index (χ0n) is 19.2. The number of carbonyl (C=O) groups is 1. The first kappa shape index (κ1) is 25.6. The molecule has 1 unspecified atom stereocenters. The molecule has 0 radical (unpaired) electrons. The van der Waals surface area contributed by atoms with Crippen molar-refractivity contribution >= 4 is 27.3 Å². The number of hydrogen-bond donors (Lipinski definition) is 3. The number of imidazole rings is 1. The molecule has 8 nitrogen and oxygen atoms in total.